The van der Waals surface area contributed by atoms with E-state index in [1.54, 1.807) is 0 Å². The third-order valence-corrected chi connectivity index (χ3v) is 4.49. The molecule has 2 fully saturated rings. The summed E-state index contributed by atoms with van der Waals surface area (Å²) in [6.07, 6.45) is 2.11. The molecular formula is C14H18BrN3O. The van der Waals surface area contributed by atoms with Gasteiger partial charge in [-0.25, -0.2) is 4.79 Å². The monoisotopic (exact) mass is 323 g/mol. The van der Waals surface area contributed by atoms with Crippen LogP contribution in [0.15, 0.2) is 28.7 Å². The van der Waals surface area contributed by atoms with Gasteiger partial charge in [-0.1, -0.05) is 28.1 Å². The van der Waals surface area contributed by atoms with Crippen LogP contribution < -0.4 is 10.6 Å². The molecular weight excluding hydrogens is 306 g/mol. The number of halogens is 1. The lowest BCUT2D eigenvalue weighted by atomic mass is 10.0. The number of hydrogen-bond donors (Lipinski definition) is 2. The lowest BCUT2D eigenvalue weighted by Gasteiger charge is -2.30. The summed E-state index contributed by atoms with van der Waals surface area (Å²) in [5, 5.41) is 6.43. The summed E-state index contributed by atoms with van der Waals surface area (Å²) in [6, 6.07) is 8.78. The fourth-order valence-electron chi connectivity index (χ4n) is 2.87. The lowest BCUT2D eigenvalue weighted by Crippen LogP contribution is -2.44. The molecule has 1 aromatic rings. The summed E-state index contributed by atoms with van der Waals surface area (Å²) in [5.41, 5.74) is 1.17. The second-order valence-electron chi connectivity index (χ2n) is 5.19. The molecule has 0 saturated carbocycles. The molecule has 1 atom stereocenters. The molecule has 2 aliphatic heterocycles. The maximum atomic E-state index is 12.1. The van der Waals surface area contributed by atoms with E-state index >= 15 is 0 Å². The number of carbonyl (C=O) groups excluding carboxylic acids is 1. The SMILES string of the molecule is O=C1NC(c2ccc(Br)cc2)CN1C1CCNCC1. The van der Waals surface area contributed by atoms with E-state index in [0.717, 1.165) is 36.9 Å². The maximum Gasteiger partial charge on any atom is 0.318 e. The second-order valence-corrected chi connectivity index (χ2v) is 6.10. The predicted molar refractivity (Wildman–Crippen MR) is 78.0 cm³/mol. The molecule has 5 heteroatoms. The minimum absolute atomic E-state index is 0.0832. The summed E-state index contributed by atoms with van der Waals surface area (Å²) in [4.78, 5) is 14.1. The van der Waals surface area contributed by atoms with E-state index in [1.807, 2.05) is 17.0 Å². The number of nitrogens with zero attached hydrogens (tertiary/aromatic N) is 1. The lowest BCUT2D eigenvalue weighted by molar-refractivity contribution is 0.182. The van der Waals surface area contributed by atoms with Crippen molar-refractivity contribution in [1.82, 2.24) is 15.5 Å². The number of piperidine rings is 1. The van der Waals surface area contributed by atoms with Gasteiger partial charge < -0.3 is 15.5 Å². The minimum atomic E-state index is 0.0832. The van der Waals surface area contributed by atoms with Crippen LogP contribution in [0.4, 0.5) is 4.79 Å². The van der Waals surface area contributed by atoms with E-state index in [-0.39, 0.29) is 12.1 Å². The van der Waals surface area contributed by atoms with Crippen LogP contribution in [-0.4, -0.2) is 36.6 Å². The Labute approximate surface area is 121 Å². The molecule has 1 unspecified atom stereocenters. The van der Waals surface area contributed by atoms with E-state index in [0.29, 0.717) is 6.04 Å². The number of amides is 2. The Morgan fingerprint density at radius 3 is 2.53 bits per heavy atom. The summed E-state index contributed by atoms with van der Waals surface area (Å²) in [6.45, 7) is 2.81. The second kappa shape index (κ2) is 5.51. The maximum absolute atomic E-state index is 12.1. The van der Waals surface area contributed by atoms with Crippen LogP contribution in [-0.2, 0) is 0 Å². The highest BCUT2D eigenvalue weighted by molar-refractivity contribution is 9.10. The average molecular weight is 324 g/mol. The molecule has 2 amide bonds. The Morgan fingerprint density at radius 1 is 1.16 bits per heavy atom. The Kier molecular flexibility index (Phi) is 3.75. The first-order valence-electron chi connectivity index (χ1n) is 6.77. The molecule has 0 aromatic heterocycles. The summed E-state index contributed by atoms with van der Waals surface area (Å²) in [7, 11) is 0. The van der Waals surface area contributed by atoms with Gasteiger partial charge >= 0.3 is 6.03 Å². The zero-order chi connectivity index (χ0) is 13.2. The molecule has 0 bridgehead atoms. The minimum Gasteiger partial charge on any atom is -0.329 e. The highest BCUT2D eigenvalue weighted by atomic mass is 79.9. The van der Waals surface area contributed by atoms with Gasteiger partial charge in [0.25, 0.3) is 0 Å². The molecule has 19 heavy (non-hydrogen) atoms. The number of nitrogens with one attached hydrogen (secondary N) is 2. The normalized spacial score (nSPS) is 24.6. The molecule has 1 aromatic carbocycles. The van der Waals surface area contributed by atoms with Crippen molar-refractivity contribution in [3.63, 3.8) is 0 Å². The van der Waals surface area contributed by atoms with E-state index in [2.05, 4.69) is 38.7 Å². The van der Waals surface area contributed by atoms with Gasteiger partial charge in [0.1, 0.15) is 0 Å². The Hall–Kier alpha value is -1.07. The van der Waals surface area contributed by atoms with Crippen LogP contribution in [0.1, 0.15) is 24.4 Å². The van der Waals surface area contributed by atoms with Gasteiger partial charge in [0.05, 0.1) is 6.04 Å². The largest absolute Gasteiger partial charge is 0.329 e. The van der Waals surface area contributed by atoms with Crippen LogP contribution >= 0.6 is 15.9 Å². The predicted octanol–water partition coefficient (Wildman–Crippen LogP) is 2.27. The third kappa shape index (κ3) is 2.77. The van der Waals surface area contributed by atoms with E-state index in [4.69, 9.17) is 0 Å². The molecule has 2 aliphatic rings. The van der Waals surface area contributed by atoms with Crippen LogP contribution in [0.2, 0.25) is 0 Å². The van der Waals surface area contributed by atoms with Gasteiger partial charge in [-0.3, -0.25) is 0 Å². The molecule has 0 radical (unpaired) electrons. The van der Waals surface area contributed by atoms with Crippen molar-refractivity contribution in [3.05, 3.63) is 34.3 Å². The van der Waals surface area contributed by atoms with Crippen molar-refractivity contribution in [1.29, 1.82) is 0 Å². The molecule has 2 heterocycles. The van der Waals surface area contributed by atoms with Crippen molar-refractivity contribution < 1.29 is 4.79 Å². The molecule has 0 aliphatic carbocycles. The number of benzene rings is 1. The van der Waals surface area contributed by atoms with Crippen molar-refractivity contribution in [2.45, 2.75) is 24.9 Å². The van der Waals surface area contributed by atoms with Crippen molar-refractivity contribution in [2.24, 2.45) is 0 Å². The van der Waals surface area contributed by atoms with Gasteiger partial charge in [-0.15, -0.1) is 0 Å². The van der Waals surface area contributed by atoms with Gasteiger partial charge in [0.2, 0.25) is 0 Å². The van der Waals surface area contributed by atoms with E-state index < -0.39 is 0 Å². The highest BCUT2D eigenvalue weighted by Gasteiger charge is 2.34. The van der Waals surface area contributed by atoms with Gasteiger partial charge in [0.15, 0.2) is 0 Å². The first-order valence-corrected chi connectivity index (χ1v) is 7.56. The van der Waals surface area contributed by atoms with Crippen molar-refractivity contribution >= 4 is 22.0 Å². The smallest absolute Gasteiger partial charge is 0.318 e. The van der Waals surface area contributed by atoms with Crippen LogP contribution in [0.3, 0.4) is 0 Å². The Morgan fingerprint density at radius 2 is 1.84 bits per heavy atom. The van der Waals surface area contributed by atoms with Crippen LogP contribution in [0, 0.1) is 0 Å². The van der Waals surface area contributed by atoms with Gasteiger partial charge in [-0.2, -0.15) is 0 Å². The van der Waals surface area contributed by atoms with Gasteiger partial charge in [-0.05, 0) is 43.6 Å². The number of carbonyl (C=O) groups is 1. The molecule has 3 rings (SSSR count). The average Bonchev–Trinajstić information content (AvgIpc) is 2.83. The van der Waals surface area contributed by atoms with E-state index in [9.17, 15) is 4.79 Å². The van der Waals surface area contributed by atoms with Crippen LogP contribution in [0.5, 0.6) is 0 Å². The van der Waals surface area contributed by atoms with E-state index in [1.165, 1.54) is 5.56 Å². The standard InChI is InChI=1S/C14H18BrN3O/c15-11-3-1-10(2-4-11)13-9-18(14(19)17-13)12-5-7-16-8-6-12/h1-4,12-13,16H,5-9H2,(H,17,19). The Bertz CT molecular complexity index is 456. The fraction of sp³-hybridized carbons (Fsp3) is 0.500. The third-order valence-electron chi connectivity index (χ3n) is 3.96. The molecule has 0 spiro atoms. The molecule has 2 saturated heterocycles. The van der Waals surface area contributed by atoms with Crippen LogP contribution in [0.25, 0.3) is 0 Å². The zero-order valence-corrected chi connectivity index (χ0v) is 12.3. The summed E-state index contributed by atoms with van der Waals surface area (Å²) in [5.74, 6) is 0. The van der Waals surface area contributed by atoms with Crippen molar-refractivity contribution in [2.75, 3.05) is 19.6 Å². The number of urea groups is 1. The molecule has 4 nitrogen and oxygen atoms in total. The quantitative estimate of drug-likeness (QED) is 0.876. The van der Waals surface area contributed by atoms with Crippen molar-refractivity contribution in [3.8, 4) is 0 Å². The fourth-order valence-corrected chi connectivity index (χ4v) is 3.14. The van der Waals surface area contributed by atoms with Gasteiger partial charge in [0, 0.05) is 17.1 Å². The number of rotatable bonds is 2. The molecule has 102 valence electrons. The number of hydrogen-bond acceptors (Lipinski definition) is 2. The molecule has 2 N–H and O–H groups in total. The zero-order valence-electron chi connectivity index (χ0n) is 10.7. The topological polar surface area (TPSA) is 44.4 Å². The summed E-state index contributed by atoms with van der Waals surface area (Å²) >= 11 is 3.44. The highest BCUT2D eigenvalue weighted by Crippen LogP contribution is 2.25. The summed E-state index contributed by atoms with van der Waals surface area (Å²) < 4.78 is 1.07. The first kappa shape index (κ1) is 12.9. The Balaban J connectivity index is 1.70. The first-order chi connectivity index (χ1) is 9.24.